The molecule has 1 heterocycles. The van der Waals surface area contributed by atoms with Crippen LogP contribution in [0.1, 0.15) is 30.5 Å². The van der Waals surface area contributed by atoms with Crippen LogP contribution in [0.3, 0.4) is 0 Å². The number of rotatable bonds is 6. The molecule has 0 aliphatic heterocycles. The maximum Gasteiger partial charge on any atom is 0.322 e. The van der Waals surface area contributed by atoms with Gasteiger partial charge in [-0.2, -0.15) is 0 Å². The number of hydrogen-bond acceptors (Lipinski definition) is 6. The zero-order chi connectivity index (χ0) is 21.2. The van der Waals surface area contributed by atoms with E-state index >= 15 is 0 Å². The summed E-state index contributed by atoms with van der Waals surface area (Å²) in [6, 6.07) is 12.1. The van der Waals surface area contributed by atoms with Gasteiger partial charge in [0.25, 0.3) is 0 Å². The van der Waals surface area contributed by atoms with Gasteiger partial charge in [0.1, 0.15) is 0 Å². The normalized spacial score (nSPS) is 11.6. The molecule has 1 N–H and O–H groups in total. The van der Waals surface area contributed by atoms with Crippen molar-refractivity contribution < 1.29 is 17.6 Å². The molecule has 8 heteroatoms. The van der Waals surface area contributed by atoms with Crippen LogP contribution in [0.15, 0.2) is 51.8 Å². The van der Waals surface area contributed by atoms with E-state index in [1.807, 2.05) is 32.0 Å². The lowest BCUT2D eigenvalue weighted by Gasteiger charge is -2.07. The first kappa shape index (κ1) is 20.7. The van der Waals surface area contributed by atoms with Gasteiger partial charge in [0.05, 0.1) is 16.6 Å². The highest BCUT2D eigenvalue weighted by atomic mass is 32.2. The van der Waals surface area contributed by atoms with Gasteiger partial charge in [-0.15, -0.1) is 5.10 Å². The van der Waals surface area contributed by atoms with Crippen LogP contribution in [0, 0.1) is 13.8 Å². The highest BCUT2D eigenvalue weighted by Gasteiger charge is 2.19. The monoisotopic (exact) mass is 413 g/mol. The molecule has 0 bridgehead atoms. The number of hydrogen-bond donors (Lipinski definition) is 1. The Hall–Kier alpha value is -3.00. The highest BCUT2D eigenvalue weighted by Crippen LogP contribution is 2.23. The van der Waals surface area contributed by atoms with Crippen LogP contribution in [0.4, 0.5) is 6.01 Å². The summed E-state index contributed by atoms with van der Waals surface area (Å²) >= 11 is 0. The van der Waals surface area contributed by atoms with E-state index in [9.17, 15) is 13.2 Å². The number of sulfone groups is 1. The number of nitrogens with zero attached hydrogens (tertiary/aromatic N) is 2. The number of benzene rings is 2. The molecule has 0 radical (unpaired) electrons. The van der Waals surface area contributed by atoms with Gasteiger partial charge in [-0.25, -0.2) is 8.42 Å². The second-order valence-electron chi connectivity index (χ2n) is 7.19. The zero-order valence-corrected chi connectivity index (χ0v) is 17.6. The van der Waals surface area contributed by atoms with Crippen molar-refractivity contribution in [1.82, 2.24) is 10.2 Å². The van der Waals surface area contributed by atoms with E-state index in [1.165, 1.54) is 12.1 Å². The Kier molecular flexibility index (Phi) is 5.83. The van der Waals surface area contributed by atoms with Gasteiger partial charge in [0, 0.05) is 5.56 Å². The molecular formula is C21H23N3O4S. The lowest BCUT2D eigenvalue weighted by molar-refractivity contribution is -0.115. The largest absolute Gasteiger partial charge is 0.403 e. The predicted octanol–water partition coefficient (Wildman–Crippen LogP) is 3.72. The van der Waals surface area contributed by atoms with Gasteiger partial charge in [-0.05, 0) is 63.1 Å². The molecule has 0 fully saturated rings. The minimum absolute atomic E-state index is 0.00589. The second-order valence-corrected chi connectivity index (χ2v) is 9.69. The van der Waals surface area contributed by atoms with E-state index in [0.717, 1.165) is 16.7 Å². The van der Waals surface area contributed by atoms with Crippen molar-refractivity contribution in [3.8, 4) is 11.5 Å². The first-order chi connectivity index (χ1) is 13.7. The molecule has 0 saturated heterocycles. The molecule has 152 valence electrons. The van der Waals surface area contributed by atoms with Crippen LogP contribution >= 0.6 is 0 Å². The Morgan fingerprint density at radius 3 is 2.38 bits per heavy atom. The van der Waals surface area contributed by atoms with Crippen molar-refractivity contribution in [3.05, 3.63) is 59.2 Å². The van der Waals surface area contributed by atoms with Crippen LogP contribution in [0.25, 0.3) is 11.5 Å². The minimum Gasteiger partial charge on any atom is -0.403 e. The number of amides is 1. The Labute approximate surface area is 170 Å². The van der Waals surface area contributed by atoms with Gasteiger partial charge < -0.3 is 4.42 Å². The van der Waals surface area contributed by atoms with Crippen LogP contribution in [-0.2, 0) is 21.1 Å². The fourth-order valence-corrected chi connectivity index (χ4v) is 3.89. The summed E-state index contributed by atoms with van der Waals surface area (Å²) in [5.41, 5.74) is 3.67. The first-order valence-corrected chi connectivity index (χ1v) is 10.8. The standard InChI is InChI=1S/C21H23N3O4S/c1-13(2)29(26,27)18-9-7-16(8-10-18)20-23-24-21(28-20)22-19(25)12-17-6-5-14(3)11-15(17)4/h5-11,13H,12H2,1-4H3,(H,22,24,25). The molecule has 0 saturated carbocycles. The number of carbonyl (C=O) groups is 1. The van der Waals surface area contributed by atoms with Gasteiger partial charge in [-0.3, -0.25) is 10.1 Å². The van der Waals surface area contributed by atoms with Crippen LogP contribution in [0.2, 0.25) is 0 Å². The average Bonchev–Trinajstić information content (AvgIpc) is 3.12. The number of nitrogens with one attached hydrogen (secondary N) is 1. The van der Waals surface area contributed by atoms with Gasteiger partial charge >= 0.3 is 6.01 Å². The Morgan fingerprint density at radius 1 is 1.07 bits per heavy atom. The van der Waals surface area contributed by atoms with E-state index in [2.05, 4.69) is 15.5 Å². The predicted molar refractivity (Wildman–Crippen MR) is 110 cm³/mol. The molecule has 2 aromatic carbocycles. The maximum absolute atomic E-state index is 12.3. The SMILES string of the molecule is Cc1ccc(CC(=O)Nc2nnc(-c3ccc(S(=O)(=O)C(C)C)cc3)o2)c(C)c1. The molecule has 3 rings (SSSR count). The van der Waals surface area contributed by atoms with Crippen molar-refractivity contribution in [1.29, 1.82) is 0 Å². The van der Waals surface area contributed by atoms with Crippen molar-refractivity contribution in [2.24, 2.45) is 0 Å². The van der Waals surface area contributed by atoms with Gasteiger partial charge in [0.2, 0.25) is 11.8 Å². The lowest BCUT2D eigenvalue weighted by atomic mass is 10.0. The quantitative estimate of drug-likeness (QED) is 0.661. The summed E-state index contributed by atoms with van der Waals surface area (Å²) in [6.07, 6.45) is 0.200. The molecule has 29 heavy (non-hydrogen) atoms. The number of carbonyl (C=O) groups excluding carboxylic acids is 1. The van der Waals surface area contributed by atoms with Crippen LogP contribution in [-0.4, -0.2) is 29.8 Å². The van der Waals surface area contributed by atoms with E-state index < -0.39 is 15.1 Å². The van der Waals surface area contributed by atoms with Crippen molar-refractivity contribution >= 4 is 21.8 Å². The molecule has 0 spiro atoms. The van der Waals surface area contributed by atoms with Gasteiger partial charge in [-0.1, -0.05) is 28.9 Å². The Morgan fingerprint density at radius 2 is 1.76 bits per heavy atom. The summed E-state index contributed by atoms with van der Waals surface area (Å²) in [6.45, 7) is 7.23. The molecule has 7 nitrogen and oxygen atoms in total. The van der Waals surface area contributed by atoms with Crippen molar-refractivity contribution in [3.63, 3.8) is 0 Å². The highest BCUT2D eigenvalue weighted by molar-refractivity contribution is 7.92. The zero-order valence-electron chi connectivity index (χ0n) is 16.8. The maximum atomic E-state index is 12.3. The topological polar surface area (TPSA) is 102 Å². The van der Waals surface area contributed by atoms with E-state index in [4.69, 9.17) is 4.42 Å². The second kappa shape index (κ2) is 8.16. The number of anilines is 1. The summed E-state index contributed by atoms with van der Waals surface area (Å²) in [5, 5.41) is 9.86. The number of aryl methyl sites for hydroxylation is 2. The Bertz CT molecular complexity index is 1130. The molecule has 1 aromatic heterocycles. The molecule has 0 atom stereocenters. The number of aromatic nitrogens is 2. The summed E-state index contributed by atoms with van der Waals surface area (Å²) < 4.78 is 29.9. The van der Waals surface area contributed by atoms with Crippen LogP contribution in [0.5, 0.6) is 0 Å². The molecular weight excluding hydrogens is 390 g/mol. The summed E-state index contributed by atoms with van der Waals surface area (Å²) in [4.78, 5) is 12.5. The third-order valence-corrected chi connectivity index (χ3v) is 6.74. The van der Waals surface area contributed by atoms with Crippen molar-refractivity contribution in [2.45, 2.75) is 44.3 Å². The van der Waals surface area contributed by atoms with Gasteiger partial charge in [0.15, 0.2) is 9.84 Å². The van der Waals surface area contributed by atoms with Crippen LogP contribution < -0.4 is 5.32 Å². The fourth-order valence-electron chi connectivity index (χ4n) is 2.83. The van der Waals surface area contributed by atoms with E-state index in [0.29, 0.717) is 5.56 Å². The van der Waals surface area contributed by atoms with E-state index in [-0.39, 0.29) is 29.1 Å². The third-order valence-electron chi connectivity index (χ3n) is 4.57. The lowest BCUT2D eigenvalue weighted by Crippen LogP contribution is -2.15. The molecule has 1 amide bonds. The molecule has 0 unspecified atom stereocenters. The fraction of sp³-hybridized carbons (Fsp3) is 0.286. The minimum atomic E-state index is -3.35. The molecule has 0 aliphatic rings. The van der Waals surface area contributed by atoms with E-state index in [1.54, 1.807) is 26.0 Å². The van der Waals surface area contributed by atoms with Crippen molar-refractivity contribution in [2.75, 3.05) is 5.32 Å². The average molecular weight is 413 g/mol. The third kappa shape index (κ3) is 4.71. The smallest absolute Gasteiger partial charge is 0.322 e. The molecule has 0 aliphatic carbocycles. The summed E-state index contributed by atoms with van der Waals surface area (Å²) in [5.74, 6) is -0.0640. The summed E-state index contributed by atoms with van der Waals surface area (Å²) in [7, 11) is -3.35. The Balaban J connectivity index is 1.70. The first-order valence-electron chi connectivity index (χ1n) is 9.20. The molecule has 3 aromatic rings.